The highest BCUT2D eigenvalue weighted by molar-refractivity contribution is 5.65. The number of furan rings is 1. The lowest BCUT2D eigenvalue weighted by atomic mass is 9.82. The van der Waals surface area contributed by atoms with Crippen molar-refractivity contribution < 1.29 is 4.42 Å². The van der Waals surface area contributed by atoms with Crippen molar-refractivity contribution >= 4 is 0 Å². The highest BCUT2D eigenvalue weighted by atomic mass is 16.3. The Kier molecular flexibility index (Phi) is 4.11. The number of rotatable bonds is 5. The second-order valence-corrected chi connectivity index (χ2v) is 5.60. The lowest BCUT2D eigenvalue weighted by Crippen LogP contribution is -2.15. The molecule has 19 heavy (non-hydrogen) atoms. The molecule has 2 rings (SSSR count). The summed E-state index contributed by atoms with van der Waals surface area (Å²) in [4.78, 5) is 0. The summed E-state index contributed by atoms with van der Waals surface area (Å²) in [5.41, 5.74) is 4.02. The van der Waals surface area contributed by atoms with E-state index in [1.54, 1.807) is 6.26 Å². The van der Waals surface area contributed by atoms with E-state index in [1.165, 1.54) is 16.7 Å². The predicted molar refractivity (Wildman–Crippen MR) is 80.2 cm³/mol. The van der Waals surface area contributed by atoms with Gasteiger partial charge in [0.25, 0.3) is 0 Å². The first kappa shape index (κ1) is 13.9. The van der Waals surface area contributed by atoms with Gasteiger partial charge in [-0.2, -0.15) is 0 Å². The van der Waals surface area contributed by atoms with E-state index in [2.05, 4.69) is 50.4 Å². The van der Waals surface area contributed by atoms with Gasteiger partial charge in [0.2, 0.25) is 0 Å². The van der Waals surface area contributed by atoms with Crippen molar-refractivity contribution in [3.63, 3.8) is 0 Å². The quantitative estimate of drug-likeness (QED) is 0.861. The van der Waals surface area contributed by atoms with Crippen LogP contribution in [0.4, 0.5) is 0 Å². The Bertz CT molecular complexity index is 522. The van der Waals surface area contributed by atoms with Crippen LogP contribution < -0.4 is 5.32 Å². The molecule has 1 aromatic heterocycles. The fourth-order valence-electron chi connectivity index (χ4n) is 2.20. The fourth-order valence-corrected chi connectivity index (χ4v) is 2.20. The Balaban J connectivity index is 2.30. The standard InChI is InChI=1S/C17H23NO/c1-5-17(2,3)14-8-6-13(7-9-14)15-10-11-19-16(15)12-18-4/h6-11,18H,5,12H2,1-4H3. The molecule has 0 saturated carbocycles. The minimum Gasteiger partial charge on any atom is -0.467 e. The molecule has 1 heterocycles. The maximum absolute atomic E-state index is 5.52. The van der Waals surface area contributed by atoms with E-state index in [4.69, 9.17) is 4.42 Å². The van der Waals surface area contributed by atoms with Gasteiger partial charge in [0, 0.05) is 5.56 Å². The lowest BCUT2D eigenvalue weighted by molar-refractivity contribution is 0.496. The maximum Gasteiger partial charge on any atom is 0.125 e. The topological polar surface area (TPSA) is 25.2 Å². The second kappa shape index (κ2) is 5.62. The molecule has 102 valence electrons. The normalized spacial score (nSPS) is 11.8. The molecule has 0 saturated heterocycles. The Hall–Kier alpha value is -1.54. The smallest absolute Gasteiger partial charge is 0.125 e. The molecule has 0 aliphatic carbocycles. The number of benzene rings is 1. The molecule has 2 nitrogen and oxygen atoms in total. The molecule has 1 aromatic carbocycles. The van der Waals surface area contributed by atoms with Crippen LogP contribution in [0.1, 0.15) is 38.5 Å². The number of hydrogen-bond donors (Lipinski definition) is 1. The monoisotopic (exact) mass is 257 g/mol. The molecule has 0 fully saturated rings. The highest BCUT2D eigenvalue weighted by Gasteiger charge is 2.18. The van der Waals surface area contributed by atoms with Crippen molar-refractivity contribution in [2.24, 2.45) is 0 Å². The van der Waals surface area contributed by atoms with E-state index in [1.807, 2.05) is 13.1 Å². The van der Waals surface area contributed by atoms with E-state index in [0.717, 1.165) is 18.7 Å². The molecule has 0 bridgehead atoms. The minimum atomic E-state index is 0.239. The average molecular weight is 257 g/mol. The van der Waals surface area contributed by atoms with Gasteiger partial charge >= 0.3 is 0 Å². The van der Waals surface area contributed by atoms with Gasteiger partial charge < -0.3 is 9.73 Å². The Labute approximate surface area is 115 Å². The summed E-state index contributed by atoms with van der Waals surface area (Å²) >= 11 is 0. The van der Waals surface area contributed by atoms with Crippen molar-refractivity contribution in [1.29, 1.82) is 0 Å². The first-order chi connectivity index (χ1) is 9.08. The van der Waals surface area contributed by atoms with E-state index < -0.39 is 0 Å². The van der Waals surface area contributed by atoms with Crippen LogP contribution >= 0.6 is 0 Å². The third-order valence-electron chi connectivity index (χ3n) is 3.94. The summed E-state index contributed by atoms with van der Waals surface area (Å²) in [6.45, 7) is 7.55. The summed E-state index contributed by atoms with van der Waals surface area (Å²) in [5.74, 6) is 0.991. The van der Waals surface area contributed by atoms with Crippen molar-refractivity contribution in [3.05, 3.63) is 47.9 Å². The van der Waals surface area contributed by atoms with Crippen LogP contribution in [0.25, 0.3) is 11.1 Å². The van der Waals surface area contributed by atoms with E-state index in [9.17, 15) is 0 Å². The number of hydrogen-bond acceptors (Lipinski definition) is 2. The van der Waals surface area contributed by atoms with Gasteiger partial charge in [0.05, 0.1) is 12.8 Å². The summed E-state index contributed by atoms with van der Waals surface area (Å²) in [6, 6.07) is 10.9. The zero-order valence-corrected chi connectivity index (χ0v) is 12.3. The van der Waals surface area contributed by atoms with Crippen molar-refractivity contribution in [2.45, 2.75) is 39.2 Å². The minimum absolute atomic E-state index is 0.239. The Morgan fingerprint density at radius 1 is 1.11 bits per heavy atom. The number of nitrogens with one attached hydrogen (secondary N) is 1. The highest BCUT2D eigenvalue weighted by Crippen LogP contribution is 2.30. The molecule has 2 aromatic rings. The van der Waals surface area contributed by atoms with Crippen LogP contribution in [0, 0.1) is 0 Å². The van der Waals surface area contributed by atoms with E-state index in [-0.39, 0.29) is 5.41 Å². The molecule has 0 unspecified atom stereocenters. The summed E-state index contributed by atoms with van der Waals surface area (Å²) in [6.07, 6.45) is 2.90. The van der Waals surface area contributed by atoms with Crippen molar-refractivity contribution in [1.82, 2.24) is 5.32 Å². The van der Waals surface area contributed by atoms with Gasteiger partial charge in [-0.25, -0.2) is 0 Å². The molecule has 0 aliphatic heterocycles. The largest absolute Gasteiger partial charge is 0.467 e. The molecule has 0 amide bonds. The third kappa shape index (κ3) is 2.90. The van der Waals surface area contributed by atoms with Gasteiger partial charge in [-0.05, 0) is 36.1 Å². The van der Waals surface area contributed by atoms with Gasteiger partial charge in [-0.3, -0.25) is 0 Å². The van der Waals surface area contributed by atoms with Crippen LogP contribution in [-0.2, 0) is 12.0 Å². The first-order valence-electron chi connectivity index (χ1n) is 6.90. The lowest BCUT2D eigenvalue weighted by Gasteiger charge is -2.23. The van der Waals surface area contributed by atoms with Crippen LogP contribution in [0.2, 0.25) is 0 Å². The fraction of sp³-hybridized carbons (Fsp3) is 0.412. The Morgan fingerprint density at radius 3 is 2.37 bits per heavy atom. The van der Waals surface area contributed by atoms with Gasteiger partial charge in [-0.1, -0.05) is 45.0 Å². The van der Waals surface area contributed by atoms with Gasteiger partial charge in [0.1, 0.15) is 5.76 Å². The molecule has 0 spiro atoms. The van der Waals surface area contributed by atoms with Crippen LogP contribution in [0.15, 0.2) is 41.0 Å². The second-order valence-electron chi connectivity index (χ2n) is 5.60. The predicted octanol–water partition coefficient (Wildman–Crippen LogP) is 4.35. The maximum atomic E-state index is 5.52. The first-order valence-corrected chi connectivity index (χ1v) is 6.90. The molecule has 2 heteroatoms. The van der Waals surface area contributed by atoms with Crippen LogP contribution in [0.3, 0.4) is 0 Å². The molecule has 0 radical (unpaired) electrons. The molecule has 1 N–H and O–H groups in total. The van der Waals surface area contributed by atoms with Gasteiger partial charge in [-0.15, -0.1) is 0 Å². The van der Waals surface area contributed by atoms with Gasteiger partial charge in [0.15, 0.2) is 0 Å². The third-order valence-corrected chi connectivity index (χ3v) is 3.94. The molecular weight excluding hydrogens is 234 g/mol. The molecule has 0 atom stereocenters. The SMILES string of the molecule is CCC(C)(C)c1ccc(-c2ccoc2CNC)cc1. The zero-order valence-electron chi connectivity index (χ0n) is 12.3. The van der Waals surface area contributed by atoms with Crippen molar-refractivity contribution in [2.75, 3.05) is 7.05 Å². The average Bonchev–Trinajstić information content (AvgIpc) is 2.88. The molecular formula is C17H23NO. The summed E-state index contributed by atoms with van der Waals surface area (Å²) < 4.78 is 5.52. The summed E-state index contributed by atoms with van der Waals surface area (Å²) in [7, 11) is 1.93. The van der Waals surface area contributed by atoms with Crippen molar-refractivity contribution in [3.8, 4) is 11.1 Å². The van der Waals surface area contributed by atoms with Crippen LogP contribution in [0.5, 0.6) is 0 Å². The van der Waals surface area contributed by atoms with Crippen LogP contribution in [-0.4, -0.2) is 7.05 Å². The van der Waals surface area contributed by atoms with E-state index >= 15 is 0 Å². The zero-order chi connectivity index (χ0) is 13.9. The Morgan fingerprint density at radius 2 is 1.79 bits per heavy atom. The van der Waals surface area contributed by atoms with E-state index in [0.29, 0.717) is 0 Å². The molecule has 0 aliphatic rings. The summed E-state index contributed by atoms with van der Waals surface area (Å²) in [5, 5.41) is 3.13.